The molecule has 0 saturated heterocycles. The summed E-state index contributed by atoms with van der Waals surface area (Å²) < 4.78 is 33.9. The number of amides is 1. The molecule has 0 atom stereocenters. The molecule has 0 saturated carbocycles. The van der Waals surface area contributed by atoms with Crippen LogP contribution < -0.4 is 15.2 Å². The monoisotopic (exact) mass is 534 g/mol. The Hall–Kier alpha value is -4.05. The summed E-state index contributed by atoms with van der Waals surface area (Å²) in [6.07, 6.45) is 2.60. The van der Waals surface area contributed by atoms with Crippen LogP contribution >= 0.6 is 0 Å². The number of sulfonamides is 1. The molecule has 198 valence electrons. The van der Waals surface area contributed by atoms with Crippen molar-refractivity contribution in [1.82, 2.24) is 14.7 Å². The summed E-state index contributed by atoms with van der Waals surface area (Å²) in [6.45, 7) is 9.72. The maximum atomic E-state index is 13.3. The van der Waals surface area contributed by atoms with Crippen LogP contribution in [0.15, 0.2) is 53.6 Å². The van der Waals surface area contributed by atoms with E-state index in [0.29, 0.717) is 24.3 Å². The first kappa shape index (κ1) is 27.0. The fourth-order valence-electron chi connectivity index (χ4n) is 4.61. The maximum Gasteiger partial charge on any atom is 0.281 e. The second-order valence-electron chi connectivity index (χ2n) is 10.4. The molecular weight excluding hydrogens is 504 g/mol. The van der Waals surface area contributed by atoms with Crippen LogP contribution in [0.4, 0.5) is 5.82 Å². The van der Waals surface area contributed by atoms with Gasteiger partial charge in [-0.2, -0.15) is 8.42 Å². The number of anilines is 1. The summed E-state index contributed by atoms with van der Waals surface area (Å²) in [5, 5.41) is -0.392. The van der Waals surface area contributed by atoms with Gasteiger partial charge in [-0.3, -0.25) is 9.59 Å². The molecule has 1 aromatic carbocycles. The fraction of sp³-hybridized carbons (Fsp3) is 0.286. The number of hydrogen-bond donors (Lipinski definition) is 2. The standard InChI is InChI=1S/C28H30N4O5S/c1-16-11-17(2)25(18(3)12-16)37-27-21(26(34)32-38(35,36)24-8-6-7-23(29)31-24)9-10-22(30-27)19-13-20(33)15-28(4,5)14-19/h6-13H,14-15H2,1-5H3,(H2,29,31)(H,32,34). The number of aromatic nitrogens is 2. The summed E-state index contributed by atoms with van der Waals surface area (Å²) in [4.78, 5) is 34.0. The molecule has 0 fully saturated rings. The molecule has 10 heteroatoms. The van der Waals surface area contributed by atoms with Crippen molar-refractivity contribution < 1.29 is 22.7 Å². The zero-order valence-corrected chi connectivity index (χ0v) is 22.8. The highest BCUT2D eigenvalue weighted by atomic mass is 32.2. The van der Waals surface area contributed by atoms with E-state index in [9.17, 15) is 18.0 Å². The lowest BCUT2D eigenvalue weighted by Crippen LogP contribution is -2.31. The first-order chi connectivity index (χ1) is 17.7. The van der Waals surface area contributed by atoms with Crippen LogP contribution in [-0.2, 0) is 14.8 Å². The first-order valence-electron chi connectivity index (χ1n) is 12.0. The third-order valence-electron chi connectivity index (χ3n) is 6.14. The Balaban J connectivity index is 1.78. The number of hydrogen-bond acceptors (Lipinski definition) is 8. The number of pyridine rings is 2. The second kappa shape index (κ2) is 10.0. The highest BCUT2D eigenvalue weighted by Crippen LogP contribution is 2.39. The van der Waals surface area contributed by atoms with Crippen molar-refractivity contribution in [3.8, 4) is 11.6 Å². The molecular formula is C28H30N4O5S. The van der Waals surface area contributed by atoms with Gasteiger partial charge in [-0.05, 0) is 79.6 Å². The Labute approximate surface area is 222 Å². The Morgan fingerprint density at radius 3 is 2.34 bits per heavy atom. The predicted octanol–water partition coefficient (Wildman–Crippen LogP) is 4.67. The van der Waals surface area contributed by atoms with Crippen molar-refractivity contribution in [2.45, 2.75) is 52.5 Å². The van der Waals surface area contributed by atoms with Gasteiger partial charge >= 0.3 is 0 Å². The summed E-state index contributed by atoms with van der Waals surface area (Å²) in [6, 6.07) is 11.0. The van der Waals surface area contributed by atoms with E-state index in [-0.39, 0.29) is 28.5 Å². The van der Waals surface area contributed by atoms with E-state index in [1.54, 1.807) is 12.1 Å². The lowest BCUT2D eigenvalue weighted by atomic mass is 9.76. The van der Waals surface area contributed by atoms with Crippen molar-refractivity contribution >= 4 is 33.1 Å². The first-order valence-corrected chi connectivity index (χ1v) is 13.5. The molecule has 1 aliphatic carbocycles. The number of rotatable bonds is 6. The molecule has 0 unspecified atom stereocenters. The molecule has 9 nitrogen and oxygen atoms in total. The SMILES string of the molecule is Cc1cc(C)c(Oc2nc(C3=CC(=O)CC(C)(C)C3)ccc2C(=O)NS(=O)(=O)c2cccc(N)n2)c(C)c1. The van der Waals surface area contributed by atoms with E-state index in [1.807, 2.05) is 51.5 Å². The smallest absolute Gasteiger partial charge is 0.281 e. The number of ketones is 1. The van der Waals surface area contributed by atoms with Gasteiger partial charge in [0, 0.05) is 6.42 Å². The Kier molecular flexibility index (Phi) is 7.12. The minimum atomic E-state index is -4.33. The molecule has 3 N–H and O–H groups in total. The van der Waals surface area contributed by atoms with Gasteiger partial charge in [-0.1, -0.05) is 37.6 Å². The molecule has 0 bridgehead atoms. The molecule has 0 spiro atoms. The van der Waals surface area contributed by atoms with E-state index in [0.717, 1.165) is 22.3 Å². The van der Waals surface area contributed by atoms with Crippen LogP contribution in [0.3, 0.4) is 0 Å². The summed E-state index contributed by atoms with van der Waals surface area (Å²) >= 11 is 0. The molecule has 2 aromatic heterocycles. The molecule has 1 aliphatic rings. The van der Waals surface area contributed by atoms with E-state index in [1.165, 1.54) is 24.3 Å². The van der Waals surface area contributed by atoms with Crippen molar-refractivity contribution in [1.29, 1.82) is 0 Å². The number of carbonyl (C=O) groups excluding carboxylic acids is 2. The molecule has 38 heavy (non-hydrogen) atoms. The number of benzene rings is 1. The van der Waals surface area contributed by atoms with Crippen LogP contribution in [0, 0.1) is 26.2 Å². The van der Waals surface area contributed by atoms with Crippen LogP contribution in [0.2, 0.25) is 0 Å². The number of allylic oxidation sites excluding steroid dienone is 2. The third kappa shape index (κ3) is 5.91. The van der Waals surface area contributed by atoms with Crippen LogP contribution in [0.25, 0.3) is 5.57 Å². The Morgan fingerprint density at radius 2 is 1.71 bits per heavy atom. The normalized spacial score (nSPS) is 15.1. The van der Waals surface area contributed by atoms with Gasteiger partial charge in [0.25, 0.3) is 15.9 Å². The number of nitrogen functional groups attached to an aromatic ring is 1. The van der Waals surface area contributed by atoms with Gasteiger partial charge in [-0.15, -0.1) is 0 Å². The van der Waals surface area contributed by atoms with Gasteiger partial charge in [0.05, 0.1) is 5.69 Å². The van der Waals surface area contributed by atoms with E-state index in [2.05, 4.69) is 9.97 Å². The lowest BCUT2D eigenvalue weighted by Gasteiger charge is -2.28. The molecule has 2 heterocycles. The second-order valence-corrected chi connectivity index (χ2v) is 12.0. The molecule has 0 aliphatic heterocycles. The van der Waals surface area contributed by atoms with Crippen molar-refractivity contribution in [3.05, 3.63) is 76.5 Å². The largest absolute Gasteiger partial charge is 0.438 e. The average molecular weight is 535 g/mol. The number of ether oxygens (including phenoxy) is 1. The van der Waals surface area contributed by atoms with E-state index >= 15 is 0 Å². The van der Waals surface area contributed by atoms with Crippen LogP contribution in [-0.4, -0.2) is 30.1 Å². The molecule has 3 aromatic rings. The number of aryl methyl sites for hydroxylation is 3. The zero-order valence-electron chi connectivity index (χ0n) is 22.0. The topological polar surface area (TPSA) is 141 Å². The minimum absolute atomic E-state index is 0.00100. The highest BCUT2D eigenvalue weighted by Gasteiger charge is 2.30. The molecule has 1 amide bonds. The lowest BCUT2D eigenvalue weighted by molar-refractivity contribution is -0.116. The van der Waals surface area contributed by atoms with Gasteiger partial charge in [0.15, 0.2) is 10.8 Å². The quantitative estimate of drug-likeness (QED) is 0.465. The molecule has 0 radical (unpaired) electrons. The Morgan fingerprint density at radius 1 is 1.03 bits per heavy atom. The summed E-state index contributed by atoms with van der Waals surface area (Å²) in [7, 11) is -4.33. The van der Waals surface area contributed by atoms with Gasteiger partial charge in [0.2, 0.25) is 5.88 Å². The summed E-state index contributed by atoms with van der Waals surface area (Å²) in [5.74, 6) is -0.530. The van der Waals surface area contributed by atoms with Gasteiger partial charge in [-0.25, -0.2) is 14.7 Å². The van der Waals surface area contributed by atoms with Gasteiger partial charge in [0.1, 0.15) is 17.1 Å². The number of carbonyl (C=O) groups is 2. The number of nitrogens with zero attached hydrogens (tertiary/aromatic N) is 2. The maximum absolute atomic E-state index is 13.3. The fourth-order valence-corrected chi connectivity index (χ4v) is 5.56. The Bertz CT molecular complexity index is 1570. The van der Waals surface area contributed by atoms with E-state index in [4.69, 9.17) is 10.5 Å². The third-order valence-corrected chi connectivity index (χ3v) is 7.37. The number of nitrogens with one attached hydrogen (secondary N) is 1. The van der Waals surface area contributed by atoms with Crippen molar-refractivity contribution in [2.24, 2.45) is 5.41 Å². The van der Waals surface area contributed by atoms with E-state index < -0.39 is 21.0 Å². The summed E-state index contributed by atoms with van der Waals surface area (Å²) in [5.41, 5.74) is 9.16. The van der Waals surface area contributed by atoms with Crippen molar-refractivity contribution in [2.75, 3.05) is 5.73 Å². The highest BCUT2D eigenvalue weighted by molar-refractivity contribution is 7.90. The zero-order chi connectivity index (χ0) is 27.8. The predicted molar refractivity (Wildman–Crippen MR) is 144 cm³/mol. The molecule has 4 rings (SSSR count). The van der Waals surface area contributed by atoms with Crippen LogP contribution in [0.1, 0.15) is 59.4 Å². The van der Waals surface area contributed by atoms with Crippen molar-refractivity contribution in [3.63, 3.8) is 0 Å². The van der Waals surface area contributed by atoms with Crippen LogP contribution in [0.5, 0.6) is 11.6 Å². The van der Waals surface area contributed by atoms with Gasteiger partial charge < -0.3 is 10.5 Å². The number of nitrogens with two attached hydrogens (primary N) is 1. The average Bonchev–Trinajstić information content (AvgIpc) is 2.79. The minimum Gasteiger partial charge on any atom is -0.438 e.